The van der Waals surface area contributed by atoms with Crippen LogP contribution in [-0.4, -0.2) is 10.2 Å². The van der Waals surface area contributed by atoms with Crippen molar-refractivity contribution in [3.63, 3.8) is 0 Å². The predicted octanol–water partition coefficient (Wildman–Crippen LogP) is 1.47. The molecule has 4 heteroatoms. The van der Waals surface area contributed by atoms with Gasteiger partial charge in [-0.2, -0.15) is 5.10 Å². The van der Waals surface area contributed by atoms with Crippen molar-refractivity contribution in [3.05, 3.63) is 29.2 Å². The summed E-state index contributed by atoms with van der Waals surface area (Å²) in [6, 6.07) is 3.14. The van der Waals surface area contributed by atoms with Crippen molar-refractivity contribution in [2.45, 2.75) is 13.5 Å². The van der Waals surface area contributed by atoms with E-state index in [-0.39, 0.29) is 12.4 Å². The summed E-state index contributed by atoms with van der Waals surface area (Å²) in [6.07, 6.45) is 0. The maximum atomic E-state index is 13.3. The van der Waals surface area contributed by atoms with Crippen LogP contribution in [0.5, 0.6) is 0 Å². The zero-order valence-corrected chi connectivity index (χ0v) is 7.26. The van der Waals surface area contributed by atoms with E-state index in [1.807, 2.05) is 6.92 Å². The van der Waals surface area contributed by atoms with Crippen LogP contribution in [-0.2, 0) is 6.54 Å². The van der Waals surface area contributed by atoms with Crippen LogP contribution >= 0.6 is 0 Å². The highest BCUT2D eigenvalue weighted by Crippen LogP contribution is 2.19. The number of aromatic nitrogens is 2. The third-order valence-electron chi connectivity index (χ3n) is 2.13. The highest BCUT2D eigenvalue weighted by atomic mass is 19.1. The third-order valence-corrected chi connectivity index (χ3v) is 2.13. The van der Waals surface area contributed by atoms with Gasteiger partial charge in [0, 0.05) is 23.2 Å². The SMILES string of the molecule is Cc1[nH]nc2cc(CN)c(F)cc12. The molecule has 1 aromatic heterocycles. The smallest absolute Gasteiger partial charge is 0.128 e. The molecule has 3 N–H and O–H groups in total. The Morgan fingerprint density at radius 1 is 1.54 bits per heavy atom. The van der Waals surface area contributed by atoms with E-state index in [4.69, 9.17) is 5.73 Å². The number of H-pyrrole nitrogens is 1. The molecule has 0 unspecified atom stereocenters. The first kappa shape index (κ1) is 8.19. The molecule has 0 aliphatic heterocycles. The number of aryl methyl sites for hydroxylation is 1. The summed E-state index contributed by atoms with van der Waals surface area (Å²) in [5, 5.41) is 7.63. The number of nitrogens with two attached hydrogens (primary N) is 1. The molecule has 1 heterocycles. The van der Waals surface area contributed by atoms with Crippen LogP contribution in [0.4, 0.5) is 4.39 Å². The molecule has 0 saturated heterocycles. The van der Waals surface area contributed by atoms with Gasteiger partial charge in [-0.3, -0.25) is 5.10 Å². The van der Waals surface area contributed by atoms with Crippen molar-refractivity contribution in [2.24, 2.45) is 5.73 Å². The van der Waals surface area contributed by atoms with Gasteiger partial charge in [0.25, 0.3) is 0 Å². The van der Waals surface area contributed by atoms with Gasteiger partial charge >= 0.3 is 0 Å². The average Bonchev–Trinajstić information content (AvgIpc) is 2.47. The molecule has 1 aromatic carbocycles. The lowest BCUT2D eigenvalue weighted by Crippen LogP contribution is -1.99. The summed E-state index contributed by atoms with van der Waals surface area (Å²) in [6.45, 7) is 2.06. The molecular formula is C9H10FN3. The fraction of sp³-hybridized carbons (Fsp3) is 0.222. The number of nitrogens with zero attached hydrogens (tertiary/aromatic N) is 1. The zero-order chi connectivity index (χ0) is 9.42. The minimum Gasteiger partial charge on any atom is -0.326 e. The second-order valence-electron chi connectivity index (χ2n) is 3.01. The quantitative estimate of drug-likeness (QED) is 0.696. The van der Waals surface area contributed by atoms with Gasteiger partial charge in [0.05, 0.1) is 5.52 Å². The summed E-state index contributed by atoms with van der Waals surface area (Å²) in [7, 11) is 0. The van der Waals surface area contributed by atoms with E-state index < -0.39 is 0 Å². The minimum absolute atomic E-state index is 0.202. The van der Waals surface area contributed by atoms with Crippen LogP contribution in [0, 0.1) is 12.7 Å². The van der Waals surface area contributed by atoms with Crippen LogP contribution in [0.15, 0.2) is 12.1 Å². The number of hydrogen-bond donors (Lipinski definition) is 2. The molecule has 0 saturated carbocycles. The van der Waals surface area contributed by atoms with Crippen LogP contribution in [0.2, 0.25) is 0 Å². The van der Waals surface area contributed by atoms with Gasteiger partial charge < -0.3 is 5.73 Å². The second kappa shape index (κ2) is 2.81. The first-order chi connectivity index (χ1) is 6.22. The van der Waals surface area contributed by atoms with Crippen molar-refractivity contribution in [2.75, 3.05) is 0 Å². The van der Waals surface area contributed by atoms with Crippen molar-refractivity contribution >= 4 is 10.9 Å². The average molecular weight is 179 g/mol. The van der Waals surface area contributed by atoms with Gasteiger partial charge in [-0.1, -0.05) is 0 Å². The third kappa shape index (κ3) is 1.19. The van der Waals surface area contributed by atoms with Gasteiger partial charge in [0.15, 0.2) is 0 Å². The Kier molecular flexibility index (Phi) is 1.77. The number of fused-ring (bicyclic) bond motifs is 1. The molecular weight excluding hydrogens is 169 g/mol. The Bertz CT molecular complexity index is 447. The predicted molar refractivity (Wildman–Crippen MR) is 48.7 cm³/mol. The van der Waals surface area contributed by atoms with Crippen molar-refractivity contribution in [3.8, 4) is 0 Å². The minimum atomic E-state index is -0.264. The molecule has 2 aromatic rings. The first-order valence-corrected chi connectivity index (χ1v) is 4.05. The zero-order valence-electron chi connectivity index (χ0n) is 7.26. The number of halogens is 1. The Labute approximate surface area is 74.7 Å². The Balaban J connectivity index is 2.76. The molecule has 0 amide bonds. The summed E-state index contributed by atoms with van der Waals surface area (Å²) in [5.74, 6) is -0.264. The molecule has 0 aliphatic rings. The second-order valence-corrected chi connectivity index (χ2v) is 3.01. The van der Waals surface area contributed by atoms with Crippen LogP contribution < -0.4 is 5.73 Å². The van der Waals surface area contributed by atoms with Gasteiger partial charge in [0.2, 0.25) is 0 Å². The molecule has 13 heavy (non-hydrogen) atoms. The molecule has 0 fully saturated rings. The first-order valence-electron chi connectivity index (χ1n) is 4.05. The van der Waals surface area contributed by atoms with Crippen molar-refractivity contribution in [1.29, 1.82) is 0 Å². The number of hydrogen-bond acceptors (Lipinski definition) is 2. The van der Waals surface area contributed by atoms with E-state index >= 15 is 0 Å². The standard InChI is InChI=1S/C9H10FN3/c1-5-7-3-8(10)6(4-11)2-9(7)13-12-5/h2-3H,4,11H2,1H3,(H,12,13). The molecule has 0 radical (unpaired) electrons. The number of nitrogens with one attached hydrogen (secondary N) is 1. The molecule has 0 aliphatic carbocycles. The Morgan fingerprint density at radius 3 is 3.00 bits per heavy atom. The van der Waals surface area contributed by atoms with Gasteiger partial charge in [-0.15, -0.1) is 0 Å². The summed E-state index contributed by atoms with van der Waals surface area (Å²) in [4.78, 5) is 0. The van der Waals surface area contributed by atoms with Gasteiger partial charge in [0.1, 0.15) is 5.82 Å². The van der Waals surface area contributed by atoms with E-state index in [0.29, 0.717) is 5.56 Å². The monoisotopic (exact) mass is 179 g/mol. The number of benzene rings is 1. The molecule has 68 valence electrons. The number of aromatic amines is 1. The molecule has 3 nitrogen and oxygen atoms in total. The molecule has 0 atom stereocenters. The van der Waals surface area contributed by atoms with E-state index in [9.17, 15) is 4.39 Å². The lowest BCUT2D eigenvalue weighted by atomic mass is 10.1. The normalized spacial score (nSPS) is 11.0. The summed E-state index contributed by atoms with van der Waals surface area (Å²) >= 11 is 0. The highest BCUT2D eigenvalue weighted by Gasteiger charge is 2.06. The maximum Gasteiger partial charge on any atom is 0.128 e. The van der Waals surface area contributed by atoms with Crippen LogP contribution in [0.1, 0.15) is 11.3 Å². The summed E-state index contributed by atoms with van der Waals surface area (Å²) < 4.78 is 13.3. The van der Waals surface area contributed by atoms with Crippen LogP contribution in [0.3, 0.4) is 0 Å². The highest BCUT2D eigenvalue weighted by molar-refractivity contribution is 5.81. The fourth-order valence-electron chi connectivity index (χ4n) is 1.36. The molecule has 0 spiro atoms. The van der Waals surface area contributed by atoms with Crippen molar-refractivity contribution in [1.82, 2.24) is 10.2 Å². The fourth-order valence-corrected chi connectivity index (χ4v) is 1.36. The summed E-state index contributed by atoms with van der Waals surface area (Å²) in [5.41, 5.74) is 7.51. The lowest BCUT2D eigenvalue weighted by molar-refractivity contribution is 0.612. The van der Waals surface area contributed by atoms with E-state index in [2.05, 4.69) is 10.2 Å². The van der Waals surface area contributed by atoms with E-state index in [0.717, 1.165) is 16.6 Å². The van der Waals surface area contributed by atoms with Gasteiger partial charge in [-0.25, -0.2) is 4.39 Å². The molecule has 2 rings (SSSR count). The topological polar surface area (TPSA) is 54.7 Å². The number of rotatable bonds is 1. The van der Waals surface area contributed by atoms with E-state index in [1.165, 1.54) is 6.07 Å². The van der Waals surface area contributed by atoms with E-state index in [1.54, 1.807) is 6.07 Å². The van der Waals surface area contributed by atoms with Crippen molar-refractivity contribution < 1.29 is 4.39 Å². The van der Waals surface area contributed by atoms with Crippen LogP contribution in [0.25, 0.3) is 10.9 Å². The Morgan fingerprint density at radius 2 is 2.31 bits per heavy atom. The maximum absolute atomic E-state index is 13.3. The Hall–Kier alpha value is -1.42. The van der Waals surface area contributed by atoms with Gasteiger partial charge in [-0.05, 0) is 19.1 Å². The largest absolute Gasteiger partial charge is 0.326 e. The lowest BCUT2D eigenvalue weighted by Gasteiger charge is -1.98. The molecule has 0 bridgehead atoms.